The summed E-state index contributed by atoms with van der Waals surface area (Å²) in [7, 11) is 1.89. The van der Waals surface area contributed by atoms with E-state index in [-0.39, 0.29) is 17.9 Å². The third kappa shape index (κ3) is 3.35. The monoisotopic (exact) mass is 378 g/mol. The van der Waals surface area contributed by atoms with Crippen molar-refractivity contribution in [3.8, 4) is 0 Å². The van der Waals surface area contributed by atoms with Gasteiger partial charge in [0, 0.05) is 39.3 Å². The molecular weight excluding hydrogens is 355 g/mol. The van der Waals surface area contributed by atoms with E-state index in [0.29, 0.717) is 31.8 Å². The molecule has 2 fully saturated rings. The number of anilines is 1. The molecule has 2 aliphatic heterocycles. The highest BCUT2D eigenvalue weighted by atomic mass is 32.1. The maximum atomic E-state index is 13.9. The fourth-order valence-electron chi connectivity index (χ4n) is 3.62. The van der Waals surface area contributed by atoms with Crippen LogP contribution >= 0.6 is 11.3 Å². The van der Waals surface area contributed by atoms with E-state index in [9.17, 15) is 9.18 Å². The summed E-state index contributed by atoms with van der Waals surface area (Å²) >= 11 is 1.53. The van der Waals surface area contributed by atoms with E-state index in [1.165, 1.54) is 17.4 Å². The topological polar surface area (TPSA) is 48.9 Å². The maximum Gasteiger partial charge on any atom is 0.320 e. The number of thiazole rings is 1. The number of amides is 2. The number of para-hydroxylation sites is 1. The van der Waals surface area contributed by atoms with Crippen LogP contribution < -0.4 is 4.90 Å². The predicted molar refractivity (Wildman–Crippen MR) is 100 cm³/mol. The van der Waals surface area contributed by atoms with Crippen molar-refractivity contribution in [2.45, 2.75) is 18.9 Å². The number of hydrogen-bond donors (Lipinski definition) is 0. The lowest BCUT2D eigenvalue weighted by Gasteiger charge is -2.39. The van der Waals surface area contributed by atoms with Gasteiger partial charge in [0.1, 0.15) is 11.3 Å². The van der Waals surface area contributed by atoms with E-state index < -0.39 is 0 Å². The Morgan fingerprint density at radius 2 is 2.00 bits per heavy atom. The van der Waals surface area contributed by atoms with Crippen LogP contribution in [-0.2, 0) is 4.74 Å². The molecule has 0 atom stereocenters. The third-order valence-corrected chi connectivity index (χ3v) is 6.31. The summed E-state index contributed by atoms with van der Waals surface area (Å²) in [6, 6.07) is 5.39. The Labute approximate surface area is 156 Å². The summed E-state index contributed by atoms with van der Waals surface area (Å²) in [5.74, 6) is -0.268. The Balaban J connectivity index is 1.38. The summed E-state index contributed by atoms with van der Waals surface area (Å²) in [6.45, 7) is 4.22. The molecule has 26 heavy (non-hydrogen) atoms. The van der Waals surface area contributed by atoms with Gasteiger partial charge in [-0.2, -0.15) is 0 Å². The second-order valence-electron chi connectivity index (χ2n) is 6.79. The SMILES string of the molecule is CN(C(=O)N1CCOCC1)C1CCN(c2nc3c(F)cccc3s2)CC1. The number of carbonyl (C=O) groups excluding carboxylic acids is 1. The quantitative estimate of drug-likeness (QED) is 0.806. The highest BCUT2D eigenvalue weighted by Gasteiger charge is 2.29. The Morgan fingerprint density at radius 3 is 2.69 bits per heavy atom. The number of urea groups is 1. The van der Waals surface area contributed by atoms with Crippen LogP contribution in [0.2, 0.25) is 0 Å². The zero-order valence-corrected chi connectivity index (χ0v) is 15.7. The summed E-state index contributed by atoms with van der Waals surface area (Å²) in [4.78, 5) is 23.1. The minimum atomic E-state index is -0.268. The number of piperidine rings is 1. The third-order valence-electron chi connectivity index (χ3n) is 5.22. The number of aromatic nitrogens is 1. The van der Waals surface area contributed by atoms with Crippen molar-refractivity contribution in [1.82, 2.24) is 14.8 Å². The summed E-state index contributed by atoms with van der Waals surface area (Å²) in [5, 5.41) is 0.866. The minimum absolute atomic E-state index is 0.0915. The average Bonchev–Trinajstić information content (AvgIpc) is 3.13. The first-order valence-corrected chi connectivity index (χ1v) is 9.84. The molecule has 4 rings (SSSR count). The normalized spacial score (nSPS) is 19.2. The number of carbonyl (C=O) groups is 1. The van der Waals surface area contributed by atoms with Crippen LogP contribution in [0.15, 0.2) is 18.2 Å². The number of morpholine rings is 1. The van der Waals surface area contributed by atoms with E-state index in [1.54, 1.807) is 6.07 Å². The molecule has 2 aliphatic rings. The first-order valence-electron chi connectivity index (χ1n) is 9.03. The van der Waals surface area contributed by atoms with Crippen molar-refractivity contribution in [2.75, 3.05) is 51.3 Å². The van der Waals surface area contributed by atoms with Gasteiger partial charge in [0.05, 0.1) is 17.9 Å². The summed E-state index contributed by atoms with van der Waals surface area (Å²) < 4.78 is 20.1. The zero-order valence-electron chi connectivity index (χ0n) is 14.9. The Kier molecular flexibility index (Phi) is 4.95. The number of fused-ring (bicyclic) bond motifs is 1. The van der Waals surface area contributed by atoms with Crippen molar-refractivity contribution < 1.29 is 13.9 Å². The second kappa shape index (κ2) is 7.36. The van der Waals surface area contributed by atoms with Crippen LogP contribution in [0, 0.1) is 5.82 Å². The van der Waals surface area contributed by atoms with Gasteiger partial charge in [-0.25, -0.2) is 14.2 Å². The fourth-order valence-corrected chi connectivity index (χ4v) is 4.65. The Hall–Kier alpha value is -1.93. The van der Waals surface area contributed by atoms with Crippen LogP contribution in [0.5, 0.6) is 0 Å². The number of rotatable bonds is 2. The molecule has 140 valence electrons. The van der Waals surface area contributed by atoms with Crippen LogP contribution in [0.3, 0.4) is 0 Å². The zero-order chi connectivity index (χ0) is 18.1. The molecule has 2 amide bonds. The lowest BCUT2D eigenvalue weighted by molar-refractivity contribution is 0.0409. The number of hydrogen-bond acceptors (Lipinski definition) is 5. The summed E-state index contributed by atoms with van der Waals surface area (Å²) in [5.41, 5.74) is 0.453. The van der Waals surface area contributed by atoms with Crippen LogP contribution in [0.1, 0.15) is 12.8 Å². The standard InChI is InChI=1S/C18H23FN4O2S/c1-21(18(24)23-9-11-25-12-10-23)13-5-7-22(8-6-13)17-20-16-14(19)3-2-4-15(16)26-17/h2-4,13H,5-12H2,1H3. The van der Waals surface area contributed by atoms with Gasteiger partial charge >= 0.3 is 6.03 Å². The molecule has 0 N–H and O–H groups in total. The van der Waals surface area contributed by atoms with E-state index in [1.807, 2.05) is 22.9 Å². The summed E-state index contributed by atoms with van der Waals surface area (Å²) in [6.07, 6.45) is 1.79. The van der Waals surface area contributed by atoms with Crippen molar-refractivity contribution in [3.63, 3.8) is 0 Å². The lowest BCUT2D eigenvalue weighted by Crippen LogP contribution is -2.52. The van der Waals surface area contributed by atoms with Gasteiger partial charge in [0.15, 0.2) is 5.13 Å². The molecule has 0 unspecified atom stereocenters. The van der Waals surface area contributed by atoms with Gasteiger partial charge < -0.3 is 19.4 Å². The highest BCUT2D eigenvalue weighted by molar-refractivity contribution is 7.22. The van der Waals surface area contributed by atoms with Gasteiger partial charge in [-0.15, -0.1) is 0 Å². The predicted octanol–water partition coefficient (Wildman–Crippen LogP) is 2.79. The molecule has 2 saturated heterocycles. The first-order chi connectivity index (χ1) is 12.6. The number of ether oxygens (including phenoxy) is 1. The van der Waals surface area contributed by atoms with E-state index >= 15 is 0 Å². The van der Waals surface area contributed by atoms with Gasteiger partial charge in [0.25, 0.3) is 0 Å². The highest BCUT2D eigenvalue weighted by Crippen LogP contribution is 2.32. The molecule has 1 aromatic heterocycles. The van der Waals surface area contributed by atoms with Gasteiger partial charge in [-0.05, 0) is 25.0 Å². The van der Waals surface area contributed by atoms with Crippen LogP contribution in [-0.4, -0.2) is 73.3 Å². The average molecular weight is 378 g/mol. The van der Waals surface area contributed by atoms with Crippen LogP contribution in [0.25, 0.3) is 10.2 Å². The molecule has 2 aromatic rings. The Morgan fingerprint density at radius 1 is 1.27 bits per heavy atom. The first kappa shape index (κ1) is 17.5. The molecular formula is C18H23FN4O2S. The van der Waals surface area contributed by atoms with Gasteiger partial charge in [0.2, 0.25) is 0 Å². The second-order valence-corrected chi connectivity index (χ2v) is 7.80. The van der Waals surface area contributed by atoms with Crippen molar-refractivity contribution in [3.05, 3.63) is 24.0 Å². The van der Waals surface area contributed by atoms with Gasteiger partial charge in [-0.1, -0.05) is 17.4 Å². The number of benzene rings is 1. The molecule has 0 radical (unpaired) electrons. The van der Waals surface area contributed by atoms with Crippen LogP contribution in [0.4, 0.5) is 14.3 Å². The molecule has 8 heteroatoms. The van der Waals surface area contributed by atoms with Crippen molar-refractivity contribution >= 4 is 32.7 Å². The largest absolute Gasteiger partial charge is 0.378 e. The number of halogens is 1. The molecule has 1 aromatic carbocycles. The molecule has 0 spiro atoms. The van der Waals surface area contributed by atoms with E-state index in [2.05, 4.69) is 9.88 Å². The Bertz CT molecular complexity index is 785. The minimum Gasteiger partial charge on any atom is -0.378 e. The van der Waals surface area contributed by atoms with Crippen molar-refractivity contribution in [1.29, 1.82) is 0 Å². The fraction of sp³-hybridized carbons (Fsp3) is 0.556. The molecule has 0 saturated carbocycles. The van der Waals surface area contributed by atoms with E-state index in [4.69, 9.17) is 4.74 Å². The molecule has 6 nitrogen and oxygen atoms in total. The molecule has 3 heterocycles. The smallest absolute Gasteiger partial charge is 0.320 e. The maximum absolute atomic E-state index is 13.9. The molecule has 0 bridgehead atoms. The lowest BCUT2D eigenvalue weighted by atomic mass is 10.0. The van der Waals surface area contributed by atoms with E-state index in [0.717, 1.165) is 35.8 Å². The van der Waals surface area contributed by atoms with Gasteiger partial charge in [-0.3, -0.25) is 0 Å². The molecule has 0 aliphatic carbocycles. The van der Waals surface area contributed by atoms with Crippen molar-refractivity contribution in [2.24, 2.45) is 0 Å². The number of nitrogens with zero attached hydrogens (tertiary/aromatic N) is 4.